The molecule has 150 valence electrons. The van der Waals surface area contributed by atoms with E-state index in [1.54, 1.807) is 27.7 Å². The van der Waals surface area contributed by atoms with E-state index in [1.807, 2.05) is 20.8 Å². The first kappa shape index (κ1) is 22.3. The Kier molecular flexibility index (Phi) is 7.47. The van der Waals surface area contributed by atoms with E-state index in [-0.39, 0.29) is 19.1 Å². The Morgan fingerprint density at radius 2 is 1.69 bits per heavy atom. The van der Waals surface area contributed by atoms with Gasteiger partial charge in [0, 0.05) is 6.54 Å². The first-order valence-electron chi connectivity index (χ1n) is 9.27. The molecule has 2 amide bonds. The quantitative estimate of drug-likeness (QED) is 0.697. The molecule has 0 aromatic rings. The van der Waals surface area contributed by atoms with Crippen molar-refractivity contribution in [2.24, 2.45) is 11.3 Å². The Labute approximate surface area is 156 Å². The predicted octanol–water partition coefficient (Wildman–Crippen LogP) is 2.73. The first-order valence-corrected chi connectivity index (χ1v) is 9.27. The number of nitrogens with zero attached hydrogens (tertiary/aromatic N) is 1. The lowest BCUT2D eigenvalue weighted by Gasteiger charge is -2.35. The molecular formula is C19H34N2O5. The zero-order chi connectivity index (χ0) is 20.1. The number of hydrogen-bond donors (Lipinski definition) is 1. The lowest BCUT2D eigenvalue weighted by atomic mass is 9.85. The van der Waals surface area contributed by atoms with Gasteiger partial charge in [0.2, 0.25) is 5.91 Å². The first-order chi connectivity index (χ1) is 11.8. The van der Waals surface area contributed by atoms with Gasteiger partial charge in [-0.2, -0.15) is 0 Å². The fourth-order valence-corrected chi connectivity index (χ4v) is 2.46. The molecule has 0 bridgehead atoms. The summed E-state index contributed by atoms with van der Waals surface area (Å²) in [6.07, 6.45) is 1.45. The van der Waals surface area contributed by atoms with Crippen molar-refractivity contribution in [3.63, 3.8) is 0 Å². The summed E-state index contributed by atoms with van der Waals surface area (Å²) in [6, 6.07) is -0.800. The van der Waals surface area contributed by atoms with Crippen LogP contribution in [0.25, 0.3) is 0 Å². The molecule has 7 heteroatoms. The minimum absolute atomic E-state index is 0.105. The van der Waals surface area contributed by atoms with Gasteiger partial charge in [0.25, 0.3) is 0 Å². The Balaban J connectivity index is 2.91. The number of esters is 1. The van der Waals surface area contributed by atoms with Crippen LogP contribution in [0.1, 0.15) is 61.3 Å². The molecule has 26 heavy (non-hydrogen) atoms. The van der Waals surface area contributed by atoms with Crippen molar-refractivity contribution in [1.82, 2.24) is 10.2 Å². The number of carbonyl (C=O) groups is 3. The van der Waals surface area contributed by atoms with Gasteiger partial charge in [0.05, 0.1) is 6.61 Å². The Morgan fingerprint density at radius 1 is 1.12 bits per heavy atom. The number of carbonyl (C=O) groups excluding carboxylic acids is 3. The number of alkyl carbamates (subject to hydrolysis) is 1. The van der Waals surface area contributed by atoms with Crippen molar-refractivity contribution in [2.75, 3.05) is 19.7 Å². The molecule has 0 heterocycles. The van der Waals surface area contributed by atoms with Crippen LogP contribution in [-0.2, 0) is 19.1 Å². The van der Waals surface area contributed by atoms with Crippen LogP contribution >= 0.6 is 0 Å². The van der Waals surface area contributed by atoms with E-state index in [0.717, 1.165) is 12.8 Å². The molecule has 1 saturated carbocycles. The van der Waals surface area contributed by atoms with Crippen LogP contribution in [0.4, 0.5) is 4.79 Å². The molecule has 1 rings (SSSR count). The molecule has 1 atom stereocenters. The zero-order valence-electron chi connectivity index (χ0n) is 17.2. The Morgan fingerprint density at radius 3 is 2.12 bits per heavy atom. The fraction of sp³-hybridized carbons (Fsp3) is 0.842. The van der Waals surface area contributed by atoms with Gasteiger partial charge in [0.15, 0.2) is 0 Å². The van der Waals surface area contributed by atoms with Crippen LogP contribution in [-0.4, -0.2) is 54.2 Å². The van der Waals surface area contributed by atoms with Gasteiger partial charge in [-0.1, -0.05) is 20.8 Å². The molecular weight excluding hydrogens is 336 g/mol. The molecule has 0 aromatic carbocycles. The second kappa shape index (κ2) is 8.73. The van der Waals surface area contributed by atoms with E-state index in [2.05, 4.69) is 5.32 Å². The highest BCUT2D eigenvalue weighted by Gasteiger charge is 2.39. The number of rotatable bonds is 7. The van der Waals surface area contributed by atoms with Gasteiger partial charge in [-0.05, 0) is 51.9 Å². The summed E-state index contributed by atoms with van der Waals surface area (Å²) < 4.78 is 10.3. The molecule has 0 aromatic heterocycles. The van der Waals surface area contributed by atoms with E-state index in [1.165, 1.54) is 4.90 Å². The standard InChI is InChI=1S/C19H34N2O5/c1-8-25-14(22)12-21(11-13-9-10-13)16(23)15(18(2,3)4)20-17(24)26-19(5,6)7/h13,15H,8-12H2,1-7H3,(H,20,24)/t15-/m1/s1. The van der Waals surface area contributed by atoms with Crippen molar-refractivity contribution in [1.29, 1.82) is 0 Å². The van der Waals surface area contributed by atoms with Gasteiger partial charge in [-0.25, -0.2) is 4.79 Å². The van der Waals surface area contributed by atoms with Gasteiger partial charge < -0.3 is 19.7 Å². The zero-order valence-corrected chi connectivity index (χ0v) is 17.2. The summed E-state index contributed by atoms with van der Waals surface area (Å²) >= 11 is 0. The van der Waals surface area contributed by atoms with Gasteiger partial charge >= 0.3 is 12.1 Å². The molecule has 0 aliphatic heterocycles. The van der Waals surface area contributed by atoms with E-state index >= 15 is 0 Å². The van der Waals surface area contributed by atoms with Gasteiger partial charge in [0.1, 0.15) is 18.2 Å². The van der Waals surface area contributed by atoms with Crippen LogP contribution in [0.15, 0.2) is 0 Å². The molecule has 1 aliphatic rings. The monoisotopic (exact) mass is 370 g/mol. The smallest absolute Gasteiger partial charge is 0.408 e. The average Bonchev–Trinajstić information content (AvgIpc) is 3.24. The molecule has 0 radical (unpaired) electrons. The lowest BCUT2D eigenvalue weighted by molar-refractivity contribution is -0.150. The maximum absolute atomic E-state index is 13.1. The summed E-state index contributed by atoms with van der Waals surface area (Å²) in [6.45, 7) is 13.3. The summed E-state index contributed by atoms with van der Waals surface area (Å²) in [4.78, 5) is 38.8. The third kappa shape index (κ3) is 8.06. The SMILES string of the molecule is CCOC(=O)CN(CC1CC1)C(=O)[C@@H](NC(=O)OC(C)(C)C)C(C)(C)C. The number of hydrogen-bond acceptors (Lipinski definition) is 5. The summed E-state index contributed by atoms with van der Waals surface area (Å²) in [5.74, 6) is -0.315. The predicted molar refractivity (Wildman–Crippen MR) is 98.5 cm³/mol. The normalized spacial score (nSPS) is 15.8. The van der Waals surface area contributed by atoms with E-state index in [9.17, 15) is 14.4 Å². The topological polar surface area (TPSA) is 84.9 Å². The van der Waals surface area contributed by atoms with Crippen molar-refractivity contribution < 1.29 is 23.9 Å². The third-order valence-electron chi connectivity index (χ3n) is 3.89. The summed E-state index contributed by atoms with van der Waals surface area (Å²) in [5, 5.41) is 2.69. The molecule has 0 spiro atoms. The van der Waals surface area contributed by atoms with Crippen LogP contribution < -0.4 is 5.32 Å². The highest BCUT2D eigenvalue weighted by molar-refractivity contribution is 5.89. The van der Waals surface area contributed by atoms with Crippen molar-refractivity contribution in [3.8, 4) is 0 Å². The summed E-state index contributed by atoms with van der Waals surface area (Å²) in [7, 11) is 0. The van der Waals surface area contributed by atoms with Crippen LogP contribution in [0.2, 0.25) is 0 Å². The number of ether oxygens (including phenoxy) is 2. The molecule has 0 unspecified atom stereocenters. The maximum Gasteiger partial charge on any atom is 0.408 e. The van der Waals surface area contributed by atoms with Gasteiger partial charge in [-0.15, -0.1) is 0 Å². The molecule has 1 N–H and O–H groups in total. The number of amides is 2. The molecule has 7 nitrogen and oxygen atoms in total. The second-order valence-electron chi connectivity index (χ2n) is 8.91. The second-order valence-corrected chi connectivity index (χ2v) is 8.91. The highest BCUT2D eigenvalue weighted by atomic mass is 16.6. The van der Waals surface area contributed by atoms with Crippen LogP contribution in [0, 0.1) is 11.3 Å². The fourth-order valence-electron chi connectivity index (χ4n) is 2.46. The van der Waals surface area contributed by atoms with Crippen molar-refractivity contribution in [2.45, 2.75) is 73.0 Å². The maximum atomic E-state index is 13.1. The minimum Gasteiger partial charge on any atom is -0.465 e. The van der Waals surface area contributed by atoms with Crippen LogP contribution in [0.5, 0.6) is 0 Å². The van der Waals surface area contributed by atoms with Gasteiger partial charge in [-0.3, -0.25) is 9.59 Å². The van der Waals surface area contributed by atoms with Crippen molar-refractivity contribution >= 4 is 18.0 Å². The molecule has 1 aliphatic carbocycles. The summed E-state index contributed by atoms with van der Waals surface area (Å²) in [5.41, 5.74) is -1.20. The Hall–Kier alpha value is -1.79. The largest absolute Gasteiger partial charge is 0.465 e. The molecule has 1 fully saturated rings. The third-order valence-corrected chi connectivity index (χ3v) is 3.89. The van der Waals surface area contributed by atoms with Crippen molar-refractivity contribution in [3.05, 3.63) is 0 Å². The number of nitrogens with one attached hydrogen (secondary N) is 1. The van der Waals surface area contributed by atoms with E-state index in [4.69, 9.17) is 9.47 Å². The molecule has 0 saturated heterocycles. The van der Waals surface area contributed by atoms with Crippen LogP contribution in [0.3, 0.4) is 0 Å². The highest BCUT2D eigenvalue weighted by Crippen LogP contribution is 2.31. The Bertz CT molecular complexity index is 515. The lowest BCUT2D eigenvalue weighted by Crippen LogP contribution is -2.56. The van der Waals surface area contributed by atoms with E-state index in [0.29, 0.717) is 12.5 Å². The average molecular weight is 370 g/mol. The minimum atomic E-state index is -0.800. The van der Waals surface area contributed by atoms with E-state index < -0.39 is 29.1 Å².